The van der Waals surface area contributed by atoms with E-state index >= 15 is 0 Å². The Morgan fingerprint density at radius 2 is 1.10 bits per heavy atom. The summed E-state index contributed by atoms with van der Waals surface area (Å²) in [6.45, 7) is 3.89. The van der Waals surface area contributed by atoms with Crippen LogP contribution in [0.25, 0.3) is 0 Å². The van der Waals surface area contributed by atoms with E-state index in [2.05, 4.69) is 66.6 Å². The van der Waals surface area contributed by atoms with Crippen LogP contribution in [-0.4, -0.2) is 97.5 Å². The van der Waals surface area contributed by atoms with Gasteiger partial charge in [-0.25, -0.2) is 4.18 Å². The first-order chi connectivity index (χ1) is 30.1. The highest BCUT2D eigenvalue weighted by Crippen LogP contribution is 2.26. The number of rotatable bonds is 42. The third kappa shape index (κ3) is 33.6. The van der Waals surface area contributed by atoms with Crippen LogP contribution in [0.3, 0.4) is 0 Å². The maximum atomic E-state index is 12.9. The van der Waals surface area contributed by atoms with E-state index in [0.29, 0.717) is 13.0 Å². The van der Waals surface area contributed by atoms with Crippen LogP contribution in [0.2, 0.25) is 0 Å². The van der Waals surface area contributed by atoms with E-state index < -0.39 is 59.8 Å². The summed E-state index contributed by atoms with van der Waals surface area (Å²) < 4.78 is 59.1. The lowest BCUT2D eigenvalue weighted by atomic mass is 9.99. The number of carbonyl (C=O) groups is 1. The molecule has 12 nitrogen and oxygen atoms in total. The third-order valence-electron chi connectivity index (χ3n) is 10.9. The van der Waals surface area contributed by atoms with Gasteiger partial charge in [0.1, 0.15) is 30.5 Å². The Kier molecular flexibility index (Phi) is 38.0. The lowest BCUT2D eigenvalue weighted by Gasteiger charge is -2.41. The molecule has 1 saturated heterocycles. The zero-order valence-corrected chi connectivity index (χ0v) is 39.5. The number of allylic oxidation sites excluding steroid dienone is 8. The Morgan fingerprint density at radius 1 is 0.613 bits per heavy atom. The van der Waals surface area contributed by atoms with Gasteiger partial charge in [0.15, 0.2) is 6.29 Å². The van der Waals surface area contributed by atoms with Gasteiger partial charge >= 0.3 is 16.4 Å². The molecule has 62 heavy (non-hydrogen) atoms. The SMILES string of the molecule is CCC/C=C\C/C=C\CCCCCCCCOCC(COC1OC(CO)C(O)C(OS(=O)(=O)O)C1O)OC(=O)CCCCCCCCCCC/C=C\C/C=C\CCCCCCC. The van der Waals surface area contributed by atoms with E-state index in [4.69, 9.17) is 18.9 Å². The predicted octanol–water partition coefficient (Wildman–Crippen LogP) is 10.7. The zero-order chi connectivity index (χ0) is 45.4. The van der Waals surface area contributed by atoms with Crippen molar-refractivity contribution in [3.8, 4) is 0 Å². The molecule has 0 bridgehead atoms. The van der Waals surface area contributed by atoms with Gasteiger partial charge in [-0.05, 0) is 70.6 Å². The molecule has 362 valence electrons. The predicted molar refractivity (Wildman–Crippen MR) is 248 cm³/mol. The fraction of sp³-hybridized carbons (Fsp3) is 0.816. The molecule has 0 spiro atoms. The zero-order valence-electron chi connectivity index (χ0n) is 38.7. The largest absolute Gasteiger partial charge is 0.457 e. The monoisotopic (exact) mass is 901 g/mol. The van der Waals surface area contributed by atoms with E-state index in [0.717, 1.165) is 77.0 Å². The summed E-state index contributed by atoms with van der Waals surface area (Å²) in [5, 5.41) is 30.7. The molecule has 0 radical (unpaired) electrons. The van der Waals surface area contributed by atoms with Crippen LogP contribution in [-0.2, 0) is 38.3 Å². The third-order valence-corrected chi connectivity index (χ3v) is 11.4. The number of aliphatic hydroxyl groups is 3. The summed E-state index contributed by atoms with van der Waals surface area (Å²) in [6, 6.07) is 0. The highest BCUT2D eigenvalue weighted by Gasteiger charge is 2.48. The van der Waals surface area contributed by atoms with Gasteiger partial charge in [0.2, 0.25) is 0 Å². The number of hydrogen-bond donors (Lipinski definition) is 4. The molecule has 0 aromatic carbocycles. The standard InChI is InChI=1S/C49H88O12S/c1-3-5-7-9-11-13-15-17-19-20-21-22-23-24-25-26-28-30-32-34-36-38-45(51)59-43(41-57-39-37-35-33-31-29-27-18-16-14-12-10-8-6-4-2)42-58-49-47(53)48(61-62(54,55)56)46(52)44(40-50)60-49/h8,10,14-17,20-21,43-44,46-50,52-53H,3-7,9,11-13,18-19,22-42H2,1-2H3,(H,54,55,56)/b10-8-,16-14-,17-15-,21-20-. The number of carbonyl (C=O) groups excluding carboxylic acids is 1. The van der Waals surface area contributed by atoms with E-state index in [1.807, 2.05) is 0 Å². The minimum absolute atomic E-state index is 0.0263. The van der Waals surface area contributed by atoms with Crippen LogP contribution < -0.4 is 0 Å². The van der Waals surface area contributed by atoms with Crippen LogP contribution >= 0.6 is 0 Å². The van der Waals surface area contributed by atoms with Crippen LogP contribution in [0.1, 0.15) is 194 Å². The normalized spacial score (nSPS) is 20.4. The first-order valence-corrected chi connectivity index (χ1v) is 25.8. The van der Waals surface area contributed by atoms with Gasteiger partial charge < -0.3 is 34.3 Å². The van der Waals surface area contributed by atoms with Crippen molar-refractivity contribution in [2.45, 2.75) is 230 Å². The average Bonchev–Trinajstić information content (AvgIpc) is 3.24. The Labute approximate surface area is 376 Å². The molecule has 4 N–H and O–H groups in total. The van der Waals surface area contributed by atoms with Gasteiger partial charge in [-0.15, -0.1) is 0 Å². The van der Waals surface area contributed by atoms with Crippen LogP contribution in [0, 0.1) is 0 Å². The van der Waals surface area contributed by atoms with E-state index in [-0.39, 0.29) is 19.6 Å². The molecule has 1 aliphatic heterocycles. The second-order valence-electron chi connectivity index (χ2n) is 16.7. The van der Waals surface area contributed by atoms with Gasteiger partial charge in [0, 0.05) is 13.0 Å². The summed E-state index contributed by atoms with van der Waals surface area (Å²) in [7, 11) is -5.07. The number of esters is 1. The van der Waals surface area contributed by atoms with E-state index in [9.17, 15) is 33.1 Å². The molecule has 1 heterocycles. The van der Waals surface area contributed by atoms with Gasteiger partial charge in [0.05, 0.1) is 19.8 Å². The lowest BCUT2D eigenvalue weighted by Crippen LogP contribution is -2.60. The van der Waals surface area contributed by atoms with Crippen LogP contribution in [0.4, 0.5) is 0 Å². The van der Waals surface area contributed by atoms with Crippen molar-refractivity contribution in [3.63, 3.8) is 0 Å². The highest BCUT2D eigenvalue weighted by atomic mass is 32.3. The summed E-state index contributed by atoms with van der Waals surface area (Å²) in [5.74, 6) is -0.408. The molecule has 0 aromatic heterocycles. The molecule has 1 fully saturated rings. The smallest absolute Gasteiger partial charge is 0.397 e. The van der Waals surface area contributed by atoms with E-state index in [1.165, 1.54) is 89.9 Å². The fourth-order valence-corrected chi connectivity index (χ4v) is 7.72. The topological polar surface area (TPSA) is 178 Å². The molecule has 1 rings (SSSR count). The fourth-order valence-electron chi connectivity index (χ4n) is 7.21. The average molecular weight is 901 g/mol. The molecule has 0 amide bonds. The number of unbranched alkanes of at least 4 members (excludes halogenated alkanes) is 21. The maximum Gasteiger partial charge on any atom is 0.397 e. The Balaban J connectivity index is 2.38. The molecule has 6 unspecified atom stereocenters. The van der Waals surface area contributed by atoms with Crippen molar-refractivity contribution < 1.29 is 56.2 Å². The lowest BCUT2D eigenvalue weighted by molar-refractivity contribution is -0.301. The highest BCUT2D eigenvalue weighted by molar-refractivity contribution is 7.80. The number of hydrogen-bond acceptors (Lipinski definition) is 11. The van der Waals surface area contributed by atoms with Crippen LogP contribution in [0.15, 0.2) is 48.6 Å². The molecular formula is C49H88O12S. The maximum absolute atomic E-state index is 12.9. The van der Waals surface area contributed by atoms with Crippen molar-refractivity contribution in [2.24, 2.45) is 0 Å². The quantitative estimate of drug-likeness (QED) is 0.0198. The van der Waals surface area contributed by atoms with Crippen molar-refractivity contribution in [1.82, 2.24) is 0 Å². The second kappa shape index (κ2) is 40.6. The summed E-state index contributed by atoms with van der Waals surface area (Å²) in [5.41, 5.74) is 0. The van der Waals surface area contributed by atoms with Crippen molar-refractivity contribution in [1.29, 1.82) is 0 Å². The minimum Gasteiger partial charge on any atom is -0.457 e. The van der Waals surface area contributed by atoms with Gasteiger partial charge in [0.25, 0.3) is 0 Å². The second-order valence-corrected chi connectivity index (χ2v) is 17.7. The minimum atomic E-state index is -5.07. The van der Waals surface area contributed by atoms with Crippen molar-refractivity contribution in [3.05, 3.63) is 48.6 Å². The molecule has 1 aliphatic rings. The molecule has 0 aromatic rings. The Bertz CT molecular complexity index is 1270. The van der Waals surface area contributed by atoms with Crippen molar-refractivity contribution in [2.75, 3.05) is 26.4 Å². The number of ether oxygens (including phenoxy) is 4. The number of aliphatic hydroxyl groups excluding tert-OH is 3. The summed E-state index contributed by atoms with van der Waals surface area (Å²) >= 11 is 0. The summed E-state index contributed by atoms with van der Waals surface area (Å²) in [6.07, 6.45) is 40.0. The molecule has 6 atom stereocenters. The Morgan fingerprint density at radius 3 is 1.60 bits per heavy atom. The molecule has 13 heteroatoms. The molecule has 0 aliphatic carbocycles. The van der Waals surface area contributed by atoms with Gasteiger partial charge in [-0.2, -0.15) is 8.42 Å². The van der Waals surface area contributed by atoms with Gasteiger partial charge in [-0.1, -0.05) is 165 Å². The molecule has 0 saturated carbocycles. The van der Waals surface area contributed by atoms with Gasteiger partial charge in [-0.3, -0.25) is 9.35 Å². The van der Waals surface area contributed by atoms with Crippen molar-refractivity contribution >= 4 is 16.4 Å². The first kappa shape index (κ1) is 58.1. The van der Waals surface area contributed by atoms with Crippen LogP contribution in [0.5, 0.6) is 0 Å². The molecular weight excluding hydrogens is 813 g/mol. The van der Waals surface area contributed by atoms with E-state index in [1.54, 1.807) is 0 Å². The summed E-state index contributed by atoms with van der Waals surface area (Å²) in [4.78, 5) is 12.9. The first-order valence-electron chi connectivity index (χ1n) is 24.4. The Hall–Kier alpha value is -1.94.